The first kappa shape index (κ1) is 18.7. The van der Waals surface area contributed by atoms with Gasteiger partial charge < -0.3 is 15.4 Å². The maximum atomic E-state index is 12.6. The van der Waals surface area contributed by atoms with Crippen LogP contribution in [0.2, 0.25) is 0 Å². The molecule has 1 amide bonds. The molecule has 7 heteroatoms. The van der Waals surface area contributed by atoms with E-state index in [-0.39, 0.29) is 12.6 Å². The highest BCUT2D eigenvalue weighted by atomic mass is 32.2. The average Bonchev–Trinajstić information content (AvgIpc) is 2.52. The van der Waals surface area contributed by atoms with Gasteiger partial charge in [0.2, 0.25) is 5.91 Å². The van der Waals surface area contributed by atoms with Gasteiger partial charge in [-0.25, -0.2) is 8.42 Å². The van der Waals surface area contributed by atoms with Crippen molar-refractivity contribution in [1.82, 2.24) is 10.6 Å². The number of carbonyl (C=O) groups excluding carboxylic acids is 1. The van der Waals surface area contributed by atoms with Crippen molar-refractivity contribution in [3.63, 3.8) is 0 Å². The van der Waals surface area contributed by atoms with Crippen molar-refractivity contribution in [2.75, 3.05) is 25.9 Å². The van der Waals surface area contributed by atoms with Crippen LogP contribution in [-0.2, 0) is 14.6 Å². The van der Waals surface area contributed by atoms with E-state index >= 15 is 0 Å². The molecular formula is C17H26N2O4S. The van der Waals surface area contributed by atoms with E-state index in [0.29, 0.717) is 25.9 Å². The fourth-order valence-corrected chi connectivity index (χ4v) is 4.31. The zero-order chi connectivity index (χ0) is 17.8. The SMILES string of the molecule is Cc1cccc(OC(C)CNC(=O)C2(S(C)(=O)=O)CCNCC2)c1. The van der Waals surface area contributed by atoms with Crippen LogP contribution in [0.15, 0.2) is 24.3 Å². The van der Waals surface area contributed by atoms with Gasteiger partial charge in [0.05, 0.1) is 6.54 Å². The molecular weight excluding hydrogens is 328 g/mol. The van der Waals surface area contributed by atoms with E-state index < -0.39 is 20.5 Å². The molecule has 1 fully saturated rings. The lowest BCUT2D eigenvalue weighted by Crippen LogP contribution is -2.58. The summed E-state index contributed by atoms with van der Waals surface area (Å²) in [6.45, 7) is 5.13. The molecule has 1 aromatic rings. The van der Waals surface area contributed by atoms with E-state index in [1.807, 2.05) is 38.1 Å². The van der Waals surface area contributed by atoms with Gasteiger partial charge in [-0.3, -0.25) is 4.79 Å². The van der Waals surface area contributed by atoms with Crippen LogP contribution in [0.3, 0.4) is 0 Å². The third-order valence-electron chi connectivity index (χ3n) is 4.41. The zero-order valence-corrected chi connectivity index (χ0v) is 15.3. The van der Waals surface area contributed by atoms with E-state index in [1.54, 1.807) is 0 Å². The number of hydrogen-bond acceptors (Lipinski definition) is 5. The molecule has 1 aliphatic heterocycles. The van der Waals surface area contributed by atoms with Crippen molar-refractivity contribution >= 4 is 15.7 Å². The molecule has 2 N–H and O–H groups in total. The van der Waals surface area contributed by atoms with Gasteiger partial charge in [0.15, 0.2) is 14.6 Å². The molecule has 1 aliphatic rings. The number of sulfone groups is 1. The predicted molar refractivity (Wildman–Crippen MR) is 94.0 cm³/mol. The van der Waals surface area contributed by atoms with Crippen LogP contribution in [0.1, 0.15) is 25.3 Å². The number of carbonyl (C=O) groups is 1. The number of nitrogens with one attached hydrogen (secondary N) is 2. The Morgan fingerprint density at radius 3 is 2.62 bits per heavy atom. The minimum absolute atomic E-state index is 0.255. The molecule has 0 aliphatic carbocycles. The highest BCUT2D eigenvalue weighted by molar-refractivity contribution is 7.92. The Labute approximate surface area is 143 Å². The second kappa shape index (κ2) is 7.53. The van der Waals surface area contributed by atoms with Gasteiger partial charge in [0, 0.05) is 6.26 Å². The first-order valence-electron chi connectivity index (χ1n) is 8.16. The molecule has 1 heterocycles. The van der Waals surface area contributed by atoms with E-state index in [0.717, 1.165) is 17.6 Å². The van der Waals surface area contributed by atoms with Crippen LogP contribution >= 0.6 is 0 Å². The first-order valence-corrected chi connectivity index (χ1v) is 10.1. The second-order valence-corrected chi connectivity index (χ2v) is 8.80. The Balaban J connectivity index is 1.98. The van der Waals surface area contributed by atoms with Crippen molar-refractivity contribution in [2.24, 2.45) is 0 Å². The fourth-order valence-electron chi connectivity index (χ4n) is 2.96. The summed E-state index contributed by atoms with van der Waals surface area (Å²) >= 11 is 0. The number of hydrogen-bond donors (Lipinski definition) is 2. The summed E-state index contributed by atoms with van der Waals surface area (Å²) in [6.07, 6.45) is 1.48. The molecule has 134 valence electrons. The molecule has 24 heavy (non-hydrogen) atoms. The topological polar surface area (TPSA) is 84.5 Å². The van der Waals surface area contributed by atoms with Crippen molar-refractivity contribution in [1.29, 1.82) is 0 Å². The number of piperidine rings is 1. The van der Waals surface area contributed by atoms with Crippen LogP contribution < -0.4 is 15.4 Å². The van der Waals surface area contributed by atoms with Crippen molar-refractivity contribution < 1.29 is 17.9 Å². The Hall–Kier alpha value is -1.60. The Kier molecular flexibility index (Phi) is 5.87. The molecule has 0 spiro atoms. The molecule has 1 aromatic carbocycles. The predicted octanol–water partition coefficient (Wildman–Crippen LogP) is 1.05. The fraction of sp³-hybridized carbons (Fsp3) is 0.588. The standard InChI is InChI=1S/C17H26N2O4S/c1-13-5-4-6-15(11-13)23-14(2)12-19-16(20)17(24(3,21)22)7-9-18-10-8-17/h4-6,11,14,18H,7-10,12H2,1-3H3,(H,19,20). The van der Waals surface area contributed by atoms with Crippen LogP contribution in [0.4, 0.5) is 0 Å². The van der Waals surface area contributed by atoms with Crippen LogP contribution in [0, 0.1) is 6.92 Å². The summed E-state index contributed by atoms with van der Waals surface area (Å²) in [6, 6.07) is 7.66. The molecule has 0 radical (unpaired) electrons. The Morgan fingerprint density at radius 2 is 2.04 bits per heavy atom. The Morgan fingerprint density at radius 1 is 1.38 bits per heavy atom. The van der Waals surface area contributed by atoms with Crippen LogP contribution in [-0.4, -0.2) is 51.1 Å². The van der Waals surface area contributed by atoms with Crippen molar-refractivity contribution in [3.05, 3.63) is 29.8 Å². The number of benzene rings is 1. The summed E-state index contributed by atoms with van der Waals surface area (Å²) in [4.78, 5) is 12.6. The van der Waals surface area contributed by atoms with E-state index in [1.165, 1.54) is 0 Å². The zero-order valence-electron chi connectivity index (χ0n) is 14.5. The number of aryl methyl sites for hydroxylation is 1. The van der Waals surface area contributed by atoms with E-state index in [2.05, 4.69) is 10.6 Å². The summed E-state index contributed by atoms with van der Waals surface area (Å²) < 4.78 is 28.8. The first-order chi connectivity index (χ1) is 11.2. The number of ether oxygens (including phenoxy) is 1. The molecule has 1 saturated heterocycles. The second-order valence-electron chi connectivity index (χ2n) is 6.47. The largest absolute Gasteiger partial charge is 0.489 e. The molecule has 0 bridgehead atoms. The molecule has 0 aromatic heterocycles. The molecule has 0 saturated carbocycles. The van der Waals surface area contributed by atoms with Gasteiger partial charge >= 0.3 is 0 Å². The van der Waals surface area contributed by atoms with Crippen molar-refractivity contribution in [3.8, 4) is 5.75 Å². The summed E-state index contributed by atoms with van der Waals surface area (Å²) in [5.41, 5.74) is 1.09. The highest BCUT2D eigenvalue weighted by Gasteiger charge is 2.48. The Bertz CT molecular complexity index is 682. The van der Waals surface area contributed by atoms with Gasteiger partial charge in [-0.2, -0.15) is 0 Å². The monoisotopic (exact) mass is 354 g/mol. The highest BCUT2D eigenvalue weighted by Crippen LogP contribution is 2.28. The quantitative estimate of drug-likeness (QED) is 0.798. The summed E-state index contributed by atoms with van der Waals surface area (Å²) in [5, 5.41) is 5.86. The third kappa shape index (κ3) is 4.27. The van der Waals surface area contributed by atoms with Gasteiger partial charge in [-0.1, -0.05) is 12.1 Å². The van der Waals surface area contributed by atoms with Gasteiger partial charge in [0.25, 0.3) is 0 Å². The van der Waals surface area contributed by atoms with Crippen LogP contribution in [0.25, 0.3) is 0 Å². The average molecular weight is 354 g/mol. The van der Waals surface area contributed by atoms with E-state index in [4.69, 9.17) is 4.74 Å². The smallest absolute Gasteiger partial charge is 0.241 e. The minimum Gasteiger partial charge on any atom is -0.489 e. The van der Waals surface area contributed by atoms with Gasteiger partial charge in [-0.05, 0) is 57.5 Å². The normalized spacial score (nSPS) is 18.6. The maximum absolute atomic E-state index is 12.6. The molecule has 2 rings (SSSR count). The third-order valence-corrected chi connectivity index (χ3v) is 6.42. The van der Waals surface area contributed by atoms with Crippen LogP contribution in [0.5, 0.6) is 5.75 Å². The van der Waals surface area contributed by atoms with Gasteiger partial charge in [0.1, 0.15) is 11.9 Å². The molecule has 6 nitrogen and oxygen atoms in total. The minimum atomic E-state index is -3.49. The van der Waals surface area contributed by atoms with Gasteiger partial charge in [-0.15, -0.1) is 0 Å². The lowest BCUT2D eigenvalue weighted by molar-refractivity contribution is -0.124. The van der Waals surface area contributed by atoms with E-state index in [9.17, 15) is 13.2 Å². The molecule has 1 unspecified atom stereocenters. The molecule has 1 atom stereocenters. The lowest BCUT2D eigenvalue weighted by Gasteiger charge is -2.34. The number of rotatable bonds is 6. The van der Waals surface area contributed by atoms with Crippen molar-refractivity contribution in [2.45, 2.75) is 37.5 Å². The number of amides is 1. The maximum Gasteiger partial charge on any atom is 0.241 e. The summed E-state index contributed by atoms with van der Waals surface area (Å²) in [5.74, 6) is 0.308. The lowest BCUT2D eigenvalue weighted by atomic mass is 9.96. The summed E-state index contributed by atoms with van der Waals surface area (Å²) in [7, 11) is -3.49.